The molecule has 1 aliphatic carbocycles. The fourth-order valence-electron chi connectivity index (χ4n) is 2.65. The molecule has 1 aliphatic rings. The van der Waals surface area contributed by atoms with Crippen LogP contribution in [0.2, 0.25) is 0 Å². The largest absolute Gasteiger partial charge is 0.444 e. The van der Waals surface area contributed by atoms with Crippen LogP contribution in [0.25, 0.3) is 0 Å². The first-order valence-electron chi connectivity index (χ1n) is 6.90. The zero-order chi connectivity index (χ0) is 14.5. The monoisotopic (exact) mass is 273 g/mol. The van der Waals surface area contributed by atoms with E-state index in [4.69, 9.17) is 14.2 Å². The predicted octanol–water partition coefficient (Wildman–Crippen LogP) is 2.55. The Hall–Kier alpha value is -0.810. The van der Waals surface area contributed by atoms with Crippen molar-refractivity contribution in [3.8, 4) is 0 Å². The first-order valence-corrected chi connectivity index (χ1v) is 6.90. The maximum Gasteiger partial charge on any atom is 0.407 e. The van der Waals surface area contributed by atoms with Gasteiger partial charge in [0.15, 0.2) is 6.29 Å². The number of amides is 1. The van der Waals surface area contributed by atoms with Gasteiger partial charge in [-0.05, 0) is 39.5 Å². The van der Waals surface area contributed by atoms with Crippen LogP contribution in [0.3, 0.4) is 0 Å². The summed E-state index contributed by atoms with van der Waals surface area (Å²) in [5, 5.41) is 2.84. The van der Waals surface area contributed by atoms with Crippen molar-refractivity contribution in [3.63, 3.8) is 0 Å². The van der Waals surface area contributed by atoms with E-state index in [1.54, 1.807) is 14.2 Å². The summed E-state index contributed by atoms with van der Waals surface area (Å²) in [5.74, 6) is 0.724. The van der Waals surface area contributed by atoms with E-state index in [0.717, 1.165) is 19.3 Å². The van der Waals surface area contributed by atoms with Crippen molar-refractivity contribution in [2.45, 2.75) is 51.9 Å². The second-order valence-electron chi connectivity index (χ2n) is 6.08. The molecule has 0 saturated heterocycles. The van der Waals surface area contributed by atoms with Crippen molar-refractivity contribution < 1.29 is 19.0 Å². The Morgan fingerprint density at radius 3 is 2.42 bits per heavy atom. The molecule has 19 heavy (non-hydrogen) atoms. The van der Waals surface area contributed by atoms with E-state index in [1.807, 2.05) is 20.8 Å². The molecule has 112 valence electrons. The van der Waals surface area contributed by atoms with Crippen LogP contribution in [0.4, 0.5) is 4.79 Å². The number of methoxy groups -OCH3 is 2. The van der Waals surface area contributed by atoms with E-state index in [2.05, 4.69) is 5.32 Å². The lowest BCUT2D eigenvalue weighted by atomic mass is 9.95. The molecule has 1 amide bonds. The summed E-state index contributed by atoms with van der Waals surface area (Å²) < 4.78 is 15.9. The molecule has 0 aromatic rings. The third-order valence-corrected chi connectivity index (χ3v) is 3.44. The van der Waals surface area contributed by atoms with Gasteiger partial charge in [0.05, 0.1) is 0 Å². The van der Waals surface area contributed by atoms with E-state index < -0.39 is 5.60 Å². The lowest BCUT2D eigenvalue weighted by Gasteiger charge is -2.27. The quantitative estimate of drug-likeness (QED) is 0.782. The molecule has 0 aromatic heterocycles. The second-order valence-corrected chi connectivity index (χ2v) is 6.08. The predicted molar refractivity (Wildman–Crippen MR) is 72.9 cm³/mol. The third-order valence-electron chi connectivity index (χ3n) is 3.44. The molecular formula is C14H27NO4. The smallest absolute Gasteiger partial charge is 0.407 e. The van der Waals surface area contributed by atoms with E-state index in [0.29, 0.717) is 18.4 Å². The number of alkyl carbamates (subject to hydrolysis) is 1. The number of hydrogen-bond donors (Lipinski definition) is 1. The molecule has 0 unspecified atom stereocenters. The van der Waals surface area contributed by atoms with Crippen LogP contribution in [0.5, 0.6) is 0 Å². The molecule has 0 spiro atoms. The van der Waals surface area contributed by atoms with Gasteiger partial charge in [-0.3, -0.25) is 0 Å². The number of carbonyl (C=O) groups is 1. The molecule has 1 fully saturated rings. The van der Waals surface area contributed by atoms with Gasteiger partial charge in [-0.1, -0.05) is 6.42 Å². The lowest BCUT2D eigenvalue weighted by molar-refractivity contribution is -0.144. The van der Waals surface area contributed by atoms with Gasteiger partial charge < -0.3 is 19.5 Å². The number of carbonyl (C=O) groups excluding carboxylic acids is 1. The molecule has 1 N–H and O–H groups in total. The minimum atomic E-state index is -0.458. The van der Waals surface area contributed by atoms with Gasteiger partial charge in [-0.25, -0.2) is 4.79 Å². The van der Waals surface area contributed by atoms with E-state index in [1.165, 1.54) is 0 Å². The average Bonchev–Trinajstić information content (AvgIpc) is 2.74. The minimum Gasteiger partial charge on any atom is -0.444 e. The second kappa shape index (κ2) is 7.10. The first-order chi connectivity index (χ1) is 8.87. The minimum absolute atomic E-state index is 0.187. The third kappa shape index (κ3) is 5.37. The van der Waals surface area contributed by atoms with Gasteiger partial charge in [-0.15, -0.1) is 0 Å². The summed E-state index contributed by atoms with van der Waals surface area (Å²) in [6.07, 6.45) is 2.77. The standard InChI is InChI=1S/C14H27NO4/c1-14(2,3)19-13(16)15-9-10-7-6-8-11(10)12(17-4)18-5/h10-12H,6-9H2,1-5H3,(H,15,16)/t10-,11-/m1/s1. The highest BCUT2D eigenvalue weighted by atomic mass is 16.7. The topological polar surface area (TPSA) is 56.8 Å². The van der Waals surface area contributed by atoms with Gasteiger partial charge in [0.1, 0.15) is 5.60 Å². The SMILES string of the molecule is COC(OC)[C@@H]1CCC[C@@H]1CNC(=O)OC(C)(C)C. The summed E-state index contributed by atoms with van der Waals surface area (Å²) in [6, 6.07) is 0. The Labute approximate surface area is 116 Å². The van der Waals surface area contributed by atoms with E-state index >= 15 is 0 Å². The highest BCUT2D eigenvalue weighted by molar-refractivity contribution is 5.67. The molecule has 1 rings (SSSR count). The summed E-state index contributed by atoms with van der Waals surface area (Å²) in [4.78, 5) is 11.6. The van der Waals surface area contributed by atoms with E-state index in [-0.39, 0.29) is 12.4 Å². The molecule has 5 nitrogen and oxygen atoms in total. The molecule has 0 heterocycles. The van der Waals surface area contributed by atoms with Crippen molar-refractivity contribution >= 4 is 6.09 Å². The fraction of sp³-hybridized carbons (Fsp3) is 0.929. The van der Waals surface area contributed by atoms with Gasteiger partial charge in [-0.2, -0.15) is 0 Å². The first kappa shape index (κ1) is 16.2. The van der Waals surface area contributed by atoms with Crippen LogP contribution in [0, 0.1) is 11.8 Å². The Kier molecular flexibility index (Phi) is 6.07. The number of rotatable bonds is 5. The molecule has 5 heteroatoms. The Morgan fingerprint density at radius 1 is 1.26 bits per heavy atom. The van der Waals surface area contributed by atoms with Gasteiger partial charge >= 0.3 is 6.09 Å². The van der Waals surface area contributed by atoms with Gasteiger partial charge in [0.25, 0.3) is 0 Å². The van der Waals surface area contributed by atoms with Crippen LogP contribution in [0.15, 0.2) is 0 Å². The van der Waals surface area contributed by atoms with Crippen LogP contribution in [-0.2, 0) is 14.2 Å². The van der Waals surface area contributed by atoms with Crippen molar-refractivity contribution in [1.82, 2.24) is 5.32 Å². The van der Waals surface area contributed by atoms with Crippen molar-refractivity contribution in [1.29, 1.82) is 0 Å². The molecule has 1 saturated carbocycles. The average molecular weight is 273 g/mol. The van der Waals surface area contributed by atoms with Gasteiger partial charge in [0.2, 0.25) is 0 Å². The van der Waals surface area contributed by atoms with Crippen LogP contribution < -0.4 is 5.32 Å². The summed E-state index contributed by atoms with van der Waals surface area (Å²) in [7, 11) is 3.32. The normalized spacial score (nSPS) is 23.7. The highest BCUT2D eigenvalue weighted by Gasteiger charge is 2.34. The number of hydrogen-bond acceptors (Lipinski definition) is 4. The molecule has 2 atom stereocenters. The maximum atomic E-state index is 11.6. The van der Waals surface area contributed by atoms with Crippen molar-refractivity contribution in [2.75, 3.05) is 20.8 Å². The number of ether oxygens (including phenoxy) is 3. The zero-order valence-corrected chi connectivity index (χ0v) is 12.7. The Bertz CT molecular complexity index is 284. The molecule has 0 bridgehead atoms. The lowest BCUT2D eigenvalue weighted by Crippen LogP contribution is -2.38. The zero-order valence-electron chi connectivity index (χ0n) is 12.7. The van der Waals surface area contributed by atoms with Crippen LogP contribution >= 0.6 is 0 Å². The summed E-state index contributed by atoms with van der Waals surface area (Å²) in [6.45, 7) is 6.19. The van der Waals surface area contributed by atoms with E-state index in [9.17, 15) is 4.79 Å². The summed E-state index contributed by atoms with van der Waals surface area (Å²) >= 11 is 0. The maximum absolute atomic E-state index is 11.6. The fourth-order valence-corrected chi connectivity index (χ4v) is 2.65. The Balaban J connectivity index is 2.41. The summed E-state index contributed by atoms with van der Waals surface area (Å²) in [5.41, 5.74) is -0.458. The van der Waals surface area contributed by atoms with Gasteiger partial charge in [0, 0.05) is 26.7 Å². The molecular weight excluding hydrogens is 246 g/mol. The molecule has 0 aromatic carbocycles. The number of nitrogens with one attached hydrogen (secondary N) is 1. The van der Waals surface area contributed by atoms with Crippen LogP contribution in [-0.4, -0.2) is 38.7 Å². The molecule has 0 radical (unpaired) electrons. The Morgan fingerprint density at radius 2 is 1.89 bits per heavy atom. The highest BCUT2D eigenvalue weighted by Crippen LogP contribution is 2.35. The van der Waals surface area contributed by atoms with Crippen LogP contribution in [0.1, 0.15) is 40.0 Å². The van der Waals surface area contributed by atoms with Crippen molar-refractivity contribution in [3.05, 3.63) is 0 Å². The van der Waals surface area contributed by atoms with Crippen molar-refractivity contribution in [2.24, 2.45) is 11.8 Å². The molecule has 0 aliphatic heterocycles.